The minimum absolute atomic E-state index is 0.153. The molecule has 21 heavy (non-hydrogen) atoms. The first kappa shape index (κ1) is 16.0. The number of hydrogen-bond acceptors (Lipinski definition) is 3. The van der Waals surface area contributed by atoms with Crippen LogP contribution in [-0.4, -0.2) is 35.8 Å². The van der Waals surface area contributed by atoms with Crippen LogP contribution in [0.4, 0.5) is 4.79 Å². The lowest BCUT2D eigenvalue weighted by molar-refractivity contribution is 0.107. The van der Waals surface area contributed by atoms with Gasteiger partial charge in [0.05, 0.1) is 6.10 Å². The van der Waals surface area contributed by atoms with Crippen molar-refractivity contribution in [3.05, 3.63) is 29.8 Å². The van der Waals surface area contributed by atoms with Crippen LogP contribution in [0.2, 0.25) is 0 Å². The molecule has 2 rings (SSSR count). The van der Waals surface area contributed by atoms with Crippen LogP contribution in [0, 0.1) is 0 Å². The molecule has 1 aliphatic carbocycles. The zero-order valence-corrected chi connectivity index (χ0v) is 13.2. The van der Waals surface area contributed by atoms with E-state index in [1.54, 1.807) is 13.4 Å². The van der Waals surface area contributed by atoms with Crippen molar-refractivity contribution in [3.8, 4) is 0 Å². The Balaban J connectivity index is 1.75. The summed E-state index contributed by atoms with van der Waals surface area (Å²) in [7, 11) is 0.739. The molecule has 2 amide bonds. The molecule has 2 N–H and O–H groups in total. The number of ether oxygens (including phenoxy) is 1. The number of amides is 2. The Morgan fingerprint density at radius 1 is 1.33 bits per heavy atom. The summed E-state index contributed by atoms with van der Waals surface area (Å²) in [5, 5.41) is 5.81. The van der Waals surface area contributed by atoms with Crippen molar-refractivity contribution in [3.63, 3.8) is 0 Å². The molecule has 0 spiro atoms. The molecular weight excluding hydrogens is 288 g/mol. The Bertz CT molecular complexity index is 504. The van der Waals surface area contributed by atoms with E-state index in [1.807, 2.05) is 24.3 Å². The normalized spacial score (nSPS) is 22.8. The van der Waals surface area contributed by atoms with Gasteiger partial charge in [-0.1, -0.05) is 12.1 Å². The molecule has 0 aromatic heterocycles. The first-order valence-electron chi connectivity index (χ1n) is 7.08. The van der Waals surface area contributed by atoms with Crippen molar-refractivity contribution >= 4 is 16.8 Å². The largest absolute Gasteiger partial charge is 0.381 e. The van der Waals surface area contributed by atoms with Crippen LogP contribution in [0.5, 0.6) is 0 Å². The number of benzene rings is 1. The molecule has 6 heteroatoms. The van der Waals surface area contributed by atoms with Crippen molar-refractivity contribution in [1.29, 1.82) is 0 Å². The van der Waals surface area contributed by atoms with Crippen LogP contribution in [0.25, 0.3) is 0 Å². The maximum atomic E-state index is 11.8. The van der Waals surface area contributed by atoms with Gasteiger partial charge >= 0.3 is 6.03 Å². The zero-order valence-electron chi connectivity index (χ0n) is 12.4. The van der Waals surface area contributed by atoms with E-state index >= 15 is 0 Å². The second-order valence-corrected chi connectivity index (χ2v) is 6.67. The molecule has 1 aliphatic rings. The van der Waals surface area contributed by atoms with Gasteiger partial charge in [0.25, 0.3) is 0 Å². The molecule has 3 atom stereocenters. The van der Waals surface area contributed by atoms with E-state index in [0.717, 1.165) is 29.7 Å². The van der Waals surface area contributed by atoms with Crippen LogP contribution in [0.15, 0.2) is 29.2 Å². The van der Waals surface area contributed by atoms with Gasteiger partial charge < -0.3 is 15.4 Å². The Morgan fingerprint density at radius 3 is 2.62 bits per heavy atom. The molecule has 116 valence electrons. The van der Waals surface area contributed by atoms with Crippen molar-refractivity contribution in [2.24, 2.45) is 0 Å². The predicted octanol–water partition coefficient (Wildman–Crippen LogP) is 1.79. The van der Waals surface area contributed by atoms with Gasteiger partial charge in [-0.25, -0.2) is 4.79 Å². The number of carbonyl (C=O) groups is 1. The van der Waals surface area contributed by atoms with Gasteiger partial charge in [0.1, 0.15) is 0 Å². The maximum Gasteiger partial charge on any atom is 0.315 e. The predicted molar refractivity (Wildman–Crippen MR) is 82.6 cm³/mol. The molecule has 0 unspecified atom stereocenters. The molecule has 0 saturated heterocycles. The molecule has 1 saturated carbocycles. The van der Waals surface area contributed by atoms with Crippen molar-refractivity contribution < 1.29 is 13.7 Å². The molecule has 1 fully saturated rings. The third-order valence-corrected chi connectivity index (χ3v) is 4.70. The summed E-state index contributed by atoms with van der Waals surface area (Å²) >= 11 is 0. The highest BCUT2D eigenvalue weighted by Gasteiger charge is 2.25. The molecule has 5 nitrogen and oxygen atoms in total. The number of urea groups is 1. The number of nitrogens with one attached hydrogen (secondary N) is 2. The molecule has 0 radical (unpaired) electrons. The molecular formula is C15H22N2O3S. The van der Waals surface area contributed by atoms with Crippen molar-refractivity contribution in [2.45, 2.75) is 42.8 Å². The third kappa shape index (κ3) is 4.82. The summed E-state index contributed by atoms with van der Waals surface area (Å²) < 4.78 is 16.6. The lowest BCUT2D eigenvalue weighted by Gasteiger charge is -2.14. The fourth-order valence-corrected chi connectivity index (χ4v) is 3.02. The number of methoxy groups -OCH3 is 1. The van der Waals surface area contributed by atoms with Gasteiger partial charge in [0.15, 0.2) is 0 Å². The zero-order chi connectivity index (χ0) is 15.2. The summed E-state index contributed by atoms with van der Waals surface area (Å²) in [5.74, 6) is 0. The second-order valence-electron chi connectivity index (χ2n) is 5.29. The van der Waals surface area contributed by atoms with E-state index < -0.39 is 10.8 Å². The minimum atomic E-state index is -0.969. The fraction of sp³-hybridized carbons (Fsp3) is 0.533. The Kier molecular flexibility index (Phi) is 5.76. The first-order chi connectivity index (χ1) is 10.1. The van der Waals surface area contributed by atoms with Crippen LogP contribution in [0.3, 0.4) is 0 Å². The SMILES string of the molecule is CO[C@@H]1CC[C@H](NC(=O)NCc2ccc([S@](C)=O)cc2)C1. The summed E-state index contributed by atoms with van der Waals surface area (Å²) in [6, 6.07) is 7.46. The van der Waals surface area contributed by atoms with Gasteiger partial charge in [0, 0.05) is 41.6 Å². The standard InChI is InChI=1S/C15H22N2O3S/c1-20-13-6-5-12(9-13)17-15(18)16-10-11-3-7-14(8-4-11)21(2)19/h3-4,7-8,12-13H,5-6,9-10H2,1-2H3,(H2,16,17,18)/t12-,13+,21-/m0/s1. The van der Waals surface area contributed by atoms with E-state index in [4.69, 9.17) is 4.74 Å². The highest BCUT2D eigenvalue weighted by molar-refractivity contribution is 7.84. The summed E-state index contributed by atoms with van der Waals surface area (Å²) in [6.07, 6.45) is 4.74. The monoisotopic (exact) mass is 310 g/mol. The highest BCUT2D eigenvalue weighted by atomic mass is 32.2. The topological polar surface area (TPSA) is 67.4 Å². The average Bonchev–Trinajstić information content (AvgIpc) is 2.93. The smallest absolute Gasteiger partial charge is 0.315 e. The van der Waals surface area contributed by atoms with E-state index in [0.29, 0.717) is 6.54 Å². The van der Waals surface area contributed by atoms with E-state index in [9.17, 15) is 9.00 Å². The summed E-state index contributed by atoms with van der Waals surface area (Å²) in [5.41, 5.74) is 0.987. The van der Waals surface area contributed by atoms with Gasteiger partial charge in [-0.3, -0.25) is 4.21 Å². The number of rotatable bonds is 5. The first-order valence-corrected chi connectivity index (χ1v) is 8.64. The van der Waals surface area contributed by atoms with Crippen LogP contribution in [0.1, 0.15) is 24.8 Å². The van der Waals surface area contributed by atoms with Crippen LogP contribution >= 0.6 is 0 Å². The summed E-state index contributed by atoms with van der Waals surface area (Å²) in [4.78, 5) is 12.6. The highest BCUT2D eigenvalue weighted by Crippen LogP contribution is 2.21. The van der Waals surface area contributed by atoms with E-state index in [2.05, 4.69) is 10.6 Å². The van der Waals surface area contributed by atoms with Crippen LogP contribution in [-0.2, 0) is 22.1 Å². The number of hydrogen-bond donors (Lipinski definition) is 2. The van der Waals surface area contributed by atoms with Gasteiger partial charge in [0.2, 0.25) is 0 Å². The molecule has 0 aliphatic heterocycles. The number of carbonyl (C=O) groups excluding carboxylic acids is 1. The van der Waals surface area contributed by atoms with Crippen molar-refractivity contribution in [2.75, 3.05) is 13.4 Å². The van der Waals surface area contributed by atoms with Gasteiger partial charge in [-0.05, 0) is 37.0 Å². The third-order valence-electron chi connectivity index (χ3n) is 3.76. The van der Waals surface area contributed by atoms with Gasteiger partial charge in [-0.2, -0.15) is 0 Å². The summed E-state index contributed by atoms with van der Waals surface area (Å²) in [6.45, 7) is 0.461. The molecule has 0 heterocycles. The Hall–Kier alpha value is -1.40. The molecule has 0 bridgehead atoms. The van der Waals surface area contributed by atoms with Gasteiger partial charge in [-0.15, -0.1) is 0 Å². The fourth-order valence-electron chi connectivity index (χ4n) is 2.50. The molecule has 1 aromatic rings. The lowest BCUT2D eigenvalue weighted by atomic mass is 10.2. The van der Waals surface area contributed by atoms with E-state index in [-0.39, 0.29) is 18.2 Å². The van der Waals surface area contributed by atoms with Crippen LogP contribution < -0.4 is 10.6 Å². The Morgan fingerprint density at radius 2 is 2.05 bits per heavy atom. The Labute approximate surface area is 127 Å². The second kappa shape index (κ2) is 7.56. The molecule has 1 aromatic carbocycles. The lowest BCUT2D eigenvalue weighted by Crippen LogP contribution is -2.40. The average molecular weight is 310 g/mol. The maximum absolute atomic E-state index is 11.8. The van der Waals surface area contributed by atoms with Crippen molar-refractivity contribution in [1.82, 2.24) is 10.6 Å². The quantitative estimate of drug-likeness (QED) is 0.871. The minimum Gasteiger partial charge on any atom is -0.381 e. The van der Waals surface area contributed by atoms with E-state index in [1.165, 1.54) is 0 Å².